The second kappa shape index (κ2) is 14.8. The number of methoxy groups -OCH3 is 2. The Morgan fingerprint density at radius 1 is 0.542 bits per heavy atom. The quantitative estimate of drug-likeness (QED) is 0.142. The molecule has 0 aliphatic rings. The number of nitrogens with two attached hydrogens (primary N) is 1. The summed E-state index contributed by atoms with van der Waals surface area (Å²) in [6, 6.07) is 14.3. The van der Waals surface area contributed by atoms with Crippen molar-refractivity contribution in [2.75, 3.05) is 20.0 Å². The SMILES string of the molecule is COc1cc(OC(F)(F)F)cc(C(C)(C)c2cc(Cl)cc(Cl)n2)c1.COc1cc(OC(F)(F)F)cc(C(C)(C)c2cc(Cl)cc(N)n2)c1. The van der Waals surface area contributed by atoms with E-state index in [9.17, 15) is 26.3 Å². The van der Waals surface area contributed by atoms with Crippen LogP contribution in [0.3, 0.4) is 0 Å². The molecule has 2 N–H and O–H groups in total. The van der Waals surface area contributed by atoms with E-state index in [0.29, 0.717) is 32.6 Å². The van der Waals surface area contributed by atoms with Crippen molar-refractivity contribution in [2.45, 2.75) is 51.2 Å². The predicted octanol–water partition coefficient (Wildman–Crippen LogP) is 10.2. The lowest BCUT2D eigenvalue weighted by atomic mass is 9.81. The number of halogens is 9. The fraction of sp³-hybridized carbons (Fsp3) is 0.312. The molecule has 2 aromatic carbocycles. The van der Waals surface area contributed by atoms with E-state index in [1.165, 1.54) is 38.5 Å². The minimum atomic E-state index is -4.80. The third kappa shape index (κ3) is 10.6. The zero-order chi connectivity index (χ0) is 36.2. The molecule has 2 heterocycles. The first-order valence-corrected chi connectivity index (χ1v) is 14.8. The van der Waals surface area contributed by atoms with E-state index in [2.05, 4.69) is 19.4 Å². The smallest absolute Gasteiger partial charge is 0.497 e. The number of hydrogen-bond acceptors (Lipinski definition) is 7. The Hall–Kier alpha value is -3.81. The van der Waals surface area contributed by atoms with Crippen LogP contribution in [0.4, 0.5) is 32.2 Å². The molecule has 0 radical (unpaired) electrons. The summed E-state index contributed by atoms with van der Waals surface area (Å²) in [5.74, 6) is -0.0685. The zero-order valence-corrected chi connectivity index (χ0v) is 28.5. The number of alkyl halides is 6. The van der Waals surface area contributed by atoms with Gasteiger partial charge in [0, 0.05) is 33.0 Å². The van der Waals surface area contributed by atoms with Crippen molar-refractivity contribution >= 4 is 40.6 Å². The fourth-order valence-corrected chi connectivity index (χ4v) is 5.09. The molecule has 48 heavy (non-hydrogen) atoms. The van der Waals surface area contributed by atoms with E-state index in [-0.39, 0.29) is 34.0 Å². The average Bonchev–Trinajstić information content (AvgIpc) is 2.94. The Bertz CT molecular complexity index is 1580. The Kier molecular flexibility index (Phi) is 11.9. The lowest BCUT2D eigenvalue weighted by Gasteiger charge is -2.26. The molecule has 0 spiro atoms. The molecular weight excluding hydrogens is 711 g/mol. The first kappa shape index (κ1) is 38.6. The van der Waals surface area contributed by atoms with E-state index in [0.717, 1.165) is 12.1 Å². The number of ether oxygens (including phenoxy) is 4. The molecule has 0 amide bonds. The summed E-state index contributed by atoms with van der Waals surface area (Å²) in [6.07, 6.45) is -9.60. The van der Waals surface area contributed by atoms with Gasteiger partial charge in [0.15, 0.2) is 0 Å². The maximum Gasteiger partial charge on any atom is 0.573 e. The summed E-state index contributed by atoms with van der Waals surface area (Å²) in [7, 11) is 2.72. The second-order valence-electron chi connectivity index (χ2n) is 11.2. The molecule has 260 valence electrons. The maximum atomic E-state index is 12.5. The van der Waals surface area contributed by atoms with Gasteiger partial charge in [0.05, 0.1) is 25.6 Å². The monoisotopic (exact) mass is 739 g/mol. The van der Waals surface area contributed by atoms with E-state index in [1.54, 1.807) is 52.0 Å². The average molecular weight is 741 g/mol. The van der Waals surface area contributed by atoms with Crippen molar-refractivity contribution in [3.63, 3.8) is 0 Å². The van der Waals surface area contributed by atoms with Gasteiger partial charge in [-0.25, -0.2) is 9.97 Å². The van der Waals surface area contributed by atoms with Crippen LogP contribution >= 0.6 is 34.8 Å². The normalized spacial score (nSPS) is 12.1. The molecule has 0 bridgehead atoms. The van der Waals surface area contributed by atoms with Crippen molar-refractivity contribution in [1.29, 1.82) is 0 Å². The predicted molar refractivity (Wildman–Crippen MR) is 172 cm³/mol. The van der Waals surface area contributed by atoms with Crippen LogP contribution in [-0.2, 0) is 10.8 Å². The van der Waals surface area contributed by atoms with Gasteiger partial charge in [0.1, 0.15) is 34.0 Å². The minimum Gasteiger partial charge on any atom is -0.497 e. The van der Waals surface area contributed by atoms with Crippen molar-refractivity contribution < 1.29 is 45.3 Å². The summed E-state index contributed by atoms with van der Waals surface area (Å²) in [5.41, 5.74) is 6.18. The molecule has 0 atom stereocenters. The van der Waals surface area contributed by atoms with E-state index < -0.39 is 23.6 Å². The number of rotatable bonds is 8. The molecular formula is C32H30Cl3F6N3O4. The standard InChI is InChI=1S/C16H14Cl2F3NO2.C16H16ClF3N2O2/c1-15(2,13-6-10(17)7-14(18)22-13)9-4-11(23-3)8-12(5-9)24-16(19,20)21;1-15(2,13-6-10(17)7-14(21)22-13)9-4-11(23-3)8-12(5-9)24-16(18,19)20/h4-8H,1-3H3;4-8H,1-3H3,(H2,21,22). The van der Waals surface area contributed by atoms with Crippen LogP contribution in [-0.4, -0.2) is 36.9 Å². The molecule has 4 rings (SSSR count). The summed E-state index contributed by atoms with van der Waals surface area (Å²) >= 11 is 17.9. The van der Waals surface area contributed by atoms with Crippen LogP contribution in [0.2, 0.25) is 15.2 Å². The van der Waals surface area contributed by atoms with Crippen LogP contribution in [0, 0.1) is 0 Å². The van der Waals surface area contributed by atoms with Gasteiger partial charge in [-0.3, -0.25) is 0 Å². The van der Waals surface area contributed by atoms with Gasteiger partial charge in [0.25, 0.3) is 0 Å². The number of nitrogen functional groups attached to an aromatic ring is 1. The van der Waals surface area contributed by atoms with Gasteiger partial charge in [-0.15, -0.1) is 26.3 Å². The van der Waals surface area contributed by atoms with E-state index in [4.69, 9.17) is 50.0 Å². The molecule has 0 aliphatic heterocycles. The molecule has 0 aliphatic carbocycles. The van der Waals surface area contributed by atoms with Crippen molar-refractivity contribution in [3.8, 4) is 23.0 Å². The lowest BCUT2D eigenvalue weighted by Crippen LogP contribution is -2.22. The Morgan fingerprint density at radius 2 is 0.917 bits per heavy atom. The Labute approximate surface area is 287 Å². The highest BCUT2D eigenvalue weighted by Gasteiger charge is 2.34. The third-order valence-electron chi connectivity index (χ3n) is 6.99. The van der Waals surface area contributed by atoms with Gasteiger partial charge in [0.2, 0.25) is 0 Å². The molecule has 0 unspecified atom stereocenters. The number of hydrogen-bond donors (Lipinski definition) is 1. The largest absolute Gasteiger partial charge is 0.573 e. The van der Waals surface area contributed by atoms with Crippen molar-refractivity contribution in [3.05, 3.63) is 98.4 Å². The zero-order valence-electron chi connectivity index (χ0n) is 26.3. The summed E-state index contributed by atoms with van der Waals surface area (Å²) in [4.78, 5) is 8.45. The molecule has 7 nitrogen and oxygen atoms in total. The lowest BCUT2D eigenvalue weighted by molar-refractivity contribution is -0.275. The summed E-state index contributed by atoms with van der Waals surface area (Å²) in [5, 5.41) is 0.966. The van der Waals surface area contributed by atoms with Gasteiger partial charge in [-0.1, -0.05) is 62.5 Å². The van der Waals surface area contributed by atoms with Gasteiger partial charge >= 0.3 is 12.7 Å². The molecule has 4 aromatic rings. The van der Waals surface area contributed by atoms with Crippen LogP contribution in [0.25, 0.3) is 0 Å². The molecule has 2 aromatic heterocycles. The first-order chi connectivity index (χ1) is 22.0. The summed E-state index contributed by atoms with van der Waals surface area (Å²) in [6.45, 7) is 7.15. The molecule has 0 fully saturated rings. The number of nitrogens with zero attached hydrogens (tertiary/aromatic N) is 2. The van der Waals surface area contributed by atoms with Crippen molar-refractivity contribution in [1.82, 2.24) is 9.97 Å². The number of anilines is 1. The van der Waals surface area contributed by atoms with E-state index in [1.807, 2.05) is 0 Å². The second-order valence-corrected chi connectivity index (χ2v) is 12.5. The van der Waals surface area contributed by atoms with Crippen LogP contribution in [0.1, 0.15) is 50.2 Å². The Morgan fingerprint density at radius 3 is 1.27 bits per heavy atom. The van der Waals surface area contributed by atoms with Gasteiger partial charge in [-0.05, 0) is 59.7 Å². The third-order valence-corrected chi connectivity index (χ3v) is 7.62. The highest BCUT2D eigenvalue weighted by atomic mass is 35.5. The number of aromatic nitrogens is 2. The van der Waals surface area contributed by atoms with Gasteiger partial charge < -0.3 is 24.7 Å². The molecule has 0 saturated heterocycles. The molecule has 0 saturated carbocycles. The molecule has 16 heteroatoms. The Balaban J connectivity index is 0.000000260. The fourth-order valence-electron chi connectivity index (χ4n) is 4.40. The minimum absolute atomic E-state index is 0.195. The highest BCUT2D eigenvalue weighted by molar-refractivity contribution is 6.34. The first-order valence-electron chi connectivity index (χ1n) is 13.7. The van der Waals surface area contributed by atoms with Crippen LogP contribution in [0.15, 0.2) is 60.7 Å². The summed E-state index contributed by atoms with van der Waals surface area (Å²) < 4.78 is 93.3. The maximum absolute atomic E-state index is 12.5. The number of benzene rings is 2. The highest BCUT2D eigenvalue weighted by Crippen LogP contribution is 2.39. The van der Waals surface area contributed by atoms with Gasteiger partial charge in [-0.2, -0.15) is 0 Å². The van der Waals surface area contributed by atoms with Crippen LogP contribution in [0.5, 0.6) is 23.0 Å². The van der Waals surface area contributed by atoms with E-state index >= 15 is 0 Å². The van der Waals surface area contributed by atoms with Crippen molar-refractivity contribution in [2.24, 2.45) is 0 Å². The number of pyridine rings is 2. The topological polar surface area (TPSA) is 88.7 Å². The van der Waals surface area contributed by atoms with Crippen LogP contribution < -0.4 is 24.7 Å².